The standard InChI is InChI=1S/C14H18F2N2O3/c1-20-11-6-2-4-9(12(11)21-14(15)16)8-18-10-5-3-7-17-13(10)19/h2,4,6,10,14,18H,3,5,7-8H2,1H3,(H,17,19). The third kappa shape index (κ3) is 4.04. The maximum absolute atomic E-state index is 12.5. The number of amides is 1. The number of carbonyl (C=O) groups excluding carboxylic acids is 1. The van der Waals surface area contributed by atoms with E-state index in [0.29, 0.717) is 12.1 Å². The van der Waals surface area contributed by atoms with Gasteiger partial charge in [-0.1, -0.05) is 12.1 Å². The maximum atomic E-state index is 12.5. The molecule has 0 saturated carbocycles. The molecule has 0 aliphatic carbocycles. The van der Waals surface area contributed by atoms with Crippen LogP contribution in [0, 0.1) is 0 Å². The molecule has 0 spiro atoms. The van der Waals surface area contributed by atoms with E-state index in [4.69, 9.17) is 4.74 Å². The molecule has 7 heteroatoms. The van der Waals surface area contributed by atoms with E-state index in [2.05, 4.69) is 15.4 Å². The van der Waals surface area contributed by atoms with Gasteiger partial charge in [-0.05, 0) is 18.9 Å². The molecule has 21 heavy (non-hydrogen) atoms. The fourth-order valence-electron chi connectivity index (χ4n) is 2.28. The zero-order chi connectivity index (χ0) is 15.2. The number of halogens is 2. The minimum atomic E-state index is -2.93. The van der Waals surface area contributed by atoms with Crippen molar-refractivity contribution in [3.8, 4) is 11.5 Å². The zero-order valence-corrected chi connectivity index (χ0v) is 11.7. The molecule has 1 saturated heterocycles. The monoisotopic (exact) mass is 300 g/mol. The van der Waals surface area contributed by atoms with Crippen molar-refractivity contribution >= 4 is 5.91 Å². The summed E-state index contributed by atoms with van der Waals surface area (Å²) in [4.78, 5) is 11.7. The summed E-state index contributed by atoms with van der Waals surface area (Å²) in [7, 11) is 1.39. The highest BCUT2D eigenvalue weighted by Crippen LogP contribution is 2.32. The Morgan fingerprint density at radius 2 is 2.29 bits per heavy atom. The molecule has 1 unspecified atom stereocenters. The summed E-state index contributed by atoms with van der Waals surface area (Å²) in [6.45, 7) is -2.01. The maximum Gasteiger partial charge on any atom is 0.387 e. The molecule has 0 bridgehead atoms. The first kappa shape index (κ1) is 15.5. The number of alkyl halides is 2. The summed E-state index contributed by atoms with van der Waals surface area (Å²) in [5, 5.41) is 5.82. The van der Waals surface area contributed by atoms with Crippen LogP contribution in [0.3, 0.4) is 0 Å². The minimum Gasteiger partial charge on any atom is -0.493 e. The van der Waals surface area contributed by atoms with Crippen LogP contribution in [0.25, 0.3) is 0 Å². The van der Waals surface area contributed by atoms with Gasteiger partial charge in [0.2, 0.25) is 5.91 Å². The van der Waals surface area contributed by atoms with Gasteiger partial charge in [0.1, 0.15) is 0 Å². The predicted molar refractivity (Wildman–Crippen MR) is 72.5 cm³/mol. The van der Waals surface area contributed by atoms with Crippen molar-refractivity contribution in [2.24, 2.45) is 0 Å². The van der Waals surface area contributed by atoms with Crippen LogP contribution < -0.4 is 20.1 Å². The Morgan fingerprint density at radius 1 is 1.48 bits per heavy atom. The van der Waals surface area contributed by atoms with Gasteiger partial charge in [-0.25, -0.2) is 0 Å². The number of hydrogen-bond donors (Lipinski definition) is 2. The Morgan fingerprint density at radius 3 is 2.95 bits per heavy atom. The van der Waals surface area contributed by atoms with Gasteiger partial charge in [0.05, 0.1) is 13.2 Å². The van der Waals surface area contributed by atoms with E-state index >= 15 is 0 Å². The van der Waals surface area contributed by atoms with Gasteiger partial charge in [0.25, 0.3) is 0 Å². The van der Waals surface area contributed by atoms with Crippen molar-refractivity contribution in [1.82, 2.24) is 10.6 Å². The molecule has 1 amide bonds. The highest BCUT2D eigenvalue weighted by Gasteiger charge is 2.22. The van der Waals surface area contributed by atoms with E-state index in [1.54, 1.807) is 18.2 Å². The van der Waals surface area contributed by atoms with Gasteiger partial charge in [-0.15, -0.1) is 0 Å². The number of benzene rings is 1. The van der Waals surface area contributed by atoms with E-state index in [0.717, 1.165) is 12.8 Å². The normalized spacial score (nSPS) is 18.5. The quantitative estimate of drug-likeness (QED) is 0.839. The van der Waals surface area contributed by atoms with Crippen LogP contribution in [0.15, 0.2) is 18.2 Å². The van der Waals surface area contributed by atoms with Crippen molar-refractivity contribution in [2.75, 3.05) is 13.7 Å². The first-order valence-electron chi connectivity index (χ1n) is 6.73. The number of ether oxygens (including phenoxy) is 2. The molecule has 1 atom stereocenters. The number of methoxy groups -OCH3 is 1. The topological polar surface area (TPSA) is 59.6 Å². The molecule has 1 aliphatic heterocycles. The molecule has 1 aliphatic rings. The number of para-hydroxylation sites is 1. The van der Waals surface area contributed by atoms with Crippen LogP contribution in [0.2, 0.25) is 0 Å². The zero-order valence-electron chi connectivity index (χ0n) is 11.7. The first-order chi connectivity index (χ1) is 10.1. The number of hydrogen-bond acceptors (Lipinski definition) is 4. The highest BCUT2D eigenvalue weighted by atomic mass is 19.3. The molecule has 1 fully saturated rings. The second-order valence-electron chi connectivity index (χ2n) is 4.69. The fraction of sp³-hybridized carbons (Fsp3) is 0.500. The van der Waals surface area contributed by atoms with Crippen LogP contribution in [0.1, 0.15) is 18.4 Å². The molecule has 0 aromatic heterocycles. The molecule has 2 rings (SSSR count). The van der Waals surface area contributed by atoms with Gasteiger partial charge in [0.15, 0.2) is 11.5 Å². The van der Waals surface area contributed by atoms with Gasteiger partial charge in [-0.3, -0.25) is 4.79 Å². The van der Waals surface area contributed by atoms with Crippen LogP contribution >= 0.6 is 0 Å². The van der Waals surface area contributed by atoms with Crippen LogP contribution in [0.4, 0.5) is 8.78 Å². The molecule has 2 N–H and O–H groups in total. The molecule has 1 heterocycles. The number of carbonyl (C=O) groups is 1. The third-order valence-corrected chi connectivity index (χ3v) is 3.31. The van der Waals surface area contributed by atoms with Gasteiger partial charge in [-0.2, -0.15) is 8.78 Å². The van der Waals surface area contributed by atoms with Crippen LogP contribution in [0.5, 0.6) is 11.5 Å². The Labute approximate surface area is 121 Å². The smallest absolute Gasteiger partial charge is 0.387 e. The largest absolute Gasteiger partial charge is 0.493 e. The SMILES string of the molecule is COc1cccc(CNC2CCCNC2=O)c1OC(F)F. The Hall–Kier alpha value is -1.89. The summed E-state index contributed by atoms with van der Waals surface area (Å²) in [5.74, 6) is 0.168. The summed E-state index contributed by atoms with van der Waals surface area (Å²) >= 11 is 0. The first-order valence-corrected chi connectivity index (χ1v) is 6.73. The third-order valence-electron chi connectivity index (χ3n) is 3.31. The molecular weight excluding hydrogens is 282 g/mol. The Bertz CT molecular complexity index is 497. The molecular formula is C14H18F2N2O3. The Kier molecular flexibility index (Phi) is 5.32. The van der Waals surface area contributed by atoms with E-state index in [1.807, 2.05) is 0 Å². The lowest BCUT2D eigenvalue weighted by Gasteiger charge is -2.23. The Balaban J connectivity index is 2.09. The second kappa shape index (κ2) is 7.21. The van der Waals surface area contributed by atoms with Crippen molar-refractivity contribution in [3.05, 3.63) is 23.8 Å². The molecule has 1 aromatic carbocycles. The van der Waals surface area contributed by atoms with Crippen molar-refractivity contribution in [1.29, 1.82) is 0 Å². The lowest BCUT2D eigenvalue weighted by Crippen LogP contribution is -2.47. The van der Waals surface area contributed by atoms with Gasteiger partial charge < -0.3 is 20.1 Å². The number of piperidine rings is 1. The number of nitrogens with one attached hydrogen (secondary N) is 2. The second-order valence-corrected chi connectivity index (χ2v) is 4.69. The predicted octanol–water partition coefficient (Wildman–Crippen LogP) is 1.66. The van der Waals surface area contributed by atoms with Crippen LogP contribution in [-0.4, -0.2) is 32.2 Å². The van der Waals surface area contributed by atoms with E-state index in [9.17, 15) is 13.6 Å². The van der Waals surface area contributed by atoms with E-state index in [-0.39, 0.29) is 30.0 Å². The summed E-state index contributed by atoms with van der Waals surface area (Å²) in [5.41, 5.74) is 0.521. The lowest BCUT2D eigenvalue weighted by atomic mass is 10.1. The average molecular weight is 300 g/mol. The van der Waals surface area contributed by atoms with Crippen molar-refractivity contribution < 1.29 is 23.0 Å². The molecule has 1 aromatic rings. The average Bonchev–Trinajstić information content (AvgIpc) is 2.47. The van der Waals surface area contributed by atoms with Crippen molar-refractivity contribution in [3.63, 3.8) is 0 Å². The highest BCUT2D eigenvalue weighted by molar-refractivity contribution is 5.82. The van der Waals surface area contributed by atoms with E-state index in [1.165, 1.54) is 7.11 Å². The van der Waals surface area contributed by atoms with Gasteiger partial charge in [0, 0.05) is 18.7 Å². The van der Waals surface area contributed by atoms with Crippen molar-refractivity contribution in [2.45, 2.75) is 32.0 Å². The summed E-state index contributed by atoms with van der Waals surface area (Å²) < 4.78 is 34.6. The lowest BCUT2D eigenvalue weighted by molar-refractivity contribution is -0.124. The summed E-state index contributed by atoms with van der Waals surface area (Å²) in [6.07, 6.45) is 1.61. The molecule has 0 radical (unpaired) electrons. The molecule has 5 nitrogen and oxygen atoms in total. The van der Waals surface area contributed by atoms with E-state index < -0.39 is 6.61 Å². The fourth-order valence-corrected chi connectivity index (χ4v) is 2.28. The van der Waals surface area contributed by atoms with Gasteiger partial charge >= 0.3 is 6.61 Å². The van der Waals surface area contributed by atoms with Crippen LogP contribution in [-0.2, 0) is 11.3 Å². The minimum absolute atomic E-state index is 0.00119. The number of rotatable bonds is 6. The summed E-state index contributed by atoms with van der Waals surface area (Å²) in [6, 6.07) is 4.58. The molecule has 116 valence electrons.